The quantitative estimate of drug-likeness (QED) is 0.912. The van der Waals surface area contributed by atoms with Crippen molar-refractivity contribution in [3.63, 3.8) is 0 Å². The predicted octanol–water partition coefficient (Wildman–Crippen LogP) is 1.16. The van der Waals surface area contributed by atoms with Crippen molar-refractivity contribution in [1.29, 1.82) is 0 Å². The van der Waals surface area contributed by atoms with Crippen molar-refractivity contribution in [1.82, 2.24) is 14.9 Å². The first kappa shape index (κ1) is 12.8. The molecule has 1 saturated heterocycles. The lowest BCUT2D eigenvalue weighted by Crippen LogP contribution is -2.34. The fourth-order valence-electron chi connectivity index (χ4n) is 2.62. The Balaban J connectivity index is 1.80. The van der Waals surface area contributed by atoms with Crippen LogP contribution in [-0.2, 0) is 0 Å². The van der Waals surface area contributed by atoms with Crippen molar-refractivity contribution >= 4 is 27.4 Å². The summed E-state index contributed by atoms with van der Waals surface area (Å²) in [6.07, 6.45) is 2.84. The molecule has 3 heterocycles. The van der Waals surface area contributed by atoms with Crippen LogP contribution in [-0.4, -0.2) is 54.1 Å². The van der Waals surface area contributed by atoms with Crippen molar-refractivity contribution in [2.75, 3.05) is 44.2 Å². The zero-order valence-corrected chi connectivity index (χ0v) is 11.8. The van der Waals surface area contributed by atoms with Crippen molar-refractivity contribution in [3.05, 3.63) is 17.8 Å². The van der Waals surface area contributed by atoms with Gasteiger partial charge in [-0.3, -0.25) is 0 Å². The third kappa shape index (κ3) is 2.70. The van der Waals surface area contributed by atoms with Crippen LogP contribution >= 0.6 is 11.3 Å². The molecule has 6 heteroatoms. The van der Waals surface area contributed by atoms with Gasteiger partial charge < -0.3 is 15.5 Å². The van der Waals surface area contributed by atoms with E-state index in [-0.39, 0.29) is 0 Å². The average Bonchev–Trinajstić information content (AvgIpc) is 2.79. The average molecular weight is 277 g/mol. The van der Waals surface area contributed by atoms with E-state index in [1.807, 2.05) is 0 Å². The van der Waals surface area contributed by atoms with Crippen LogP contribution in [0.1, 0.15) is 6.42 Å². The van der Waals surface area contributed by atoms with Gasteiger partial charge in [-0.15, -0.1) is 11.3 Å². The van der Waals surface area contributed by atoms with E-state index in [1.165, 1.54) is 5.39 Å². The molecule has 2 aromatic rings. The molecule has 0 atom stereocenters. The van der Waals surface area contributed by atoms with E-state index in [1.54, 1.807) is 17.7 Å². The topological polar surface area (TPSA) is 58.3 Å². The van der Waals surface area contributed by atoms with Crippen LogP contribution in [0.15, 0.2) is 17.8 Å². The predicted molar refractivity (Wildman–Crippen MR) is 79.7 cm³/mol. The maximum Gasteiger partial charge on any atom is 0.140 e. The highest BCUT2D eigenvalue weighted by Gasteiger charge is 2.17. The van der Waals surface area contributed by atoms with E-state index in [9.17, 15) is 0 Å². The zero-order valence-electron chi connectivity index (χ0n) is 11.0. The van der Waals surface area contributed by atoms with Crippen LogP contribution in [0.4, 0.5) is 5.82 Å². The molecule has 0 unspecified atom stereocenters. The van der Waals surface area contributed by atoms with E-state index in [0.29, 0.717) is 0 Å². The Morgan fingerprint density at radius 2 is 2.16 bits per heavy atom. The first-order valence-corrected chi connectivity index (χ1v) is 7.62. The van der Waals surface area contributed by atoms with Gasteiger partial charge in [0.1, 0.15) is 17.0 Å². The fourth-order valence-corrected chi connectivity index (χ4v) is 3.35. The van der Waals surface area contributed by atoms with Gasteiger partial charge in [-0.05, 0) is 24.4 Å². The van der Waals surface area contributed by atoms with Crippen molar-refractivity contribution in [2.24, 2.45) is 5.73 Å². The number of nitrogens with two attached hydrogens (primary N) is 1. The van der Waals surface area contributed by atoms with Gasteiger partial charge in [0.15, 0.2) is 0 Å². The minimum absolute atomic E-state index is 0.738. The molecular formula is C13H19N5S. The van der Waals surface area contributed by atoms with Crippen LogP contribution in [0.2, 0.25) is 0 Å². The fraction of sp³-hybridized carbons (Fsp3) is 0.538. The second kappa shape index (κ2) is 5.81. The van der Waals surface area contributed by atoms with Gasteiger partial charge in [-0.2, -0.15) is 0 Å². The molecule has 1 fully saturated rings. The Morgan fingerprint density at radius 1 is 1.21 bits per heavy atom. The first-order valence-electron chi connectivity index (χ1n) is 6.74. The lowest BCUT2D eigenvalue weighted by atomic mass is 10.3. The molecule has 1 aliphatic rings. The third-order valence-electron chi connectivity index (χ3n) is 3.57. The molecule has 102 valence electrons. The second-order valence-corrected chi connectivity index (χ2v) is 5.70. The van der Waals surface area contributed by atoms with Gasteiger partial charge in [0.25, 0.3) is 0 Å². The smallest absolute Gasteiger partial charge is 0.140 e. The monoisotopic (exact) mass is 277 g/mol. The Bertz CT molecular complexity index is 541. The number of thiophene rings is 1. The van der Waals surface area contributed by atoms with Gasteiger partial charge in [-0.1, -0.05) is 0 Å². The van der Waals surface area contributed by atoms with Crippen LogP contribution in [0.3, 0.4) is 0 Å². The largest absolute Gasteiger partial charge is 0.355 e. The molecule has 19 heavy (non-hydrogen) atoms. The minimum Gasteiger partial charge on any atom is -0.355 e. The van der Waals surface area contributed by atoms with Gasteiger partial charge in [0.05, 0.1) is 5.39 Å². The normalized spacial score (nSPS) is 17.8. The van der Waals surface area contributed by atoms with Gasteiger partial charge >= 0.3 is 0 Å². The highest BCUT2D eigenvalue weighted by Crippen LogP contribution is 2.27. The molecular weight excluding hydrogens is 258 g/mol. The zero-order chi connectivity index (χ0) is 13.1. The lowest BCUT2D eigenvalue weighted by Gasteiger charge is -2.22. The maximum atomic E-state index is 5.64. The van der Waals surface area contributed by atoms with E-state index in [4.69, 9.17) is 5.73 Å². The summed E-state index contributed by atoms with van der Waals surface area (Å²) < 4.78 is 0. The first-order chi connectivity index (χ1) is 9.38. The molecule has 2 N–H and O–H groups in total. The molecule has 0 amide bonds. The molecule has 0 spiro atoms. The summed E-state index contributed by atoms with van der Waals surface area (Å²) >= 11 is 1.67. The highest BCUT2D eigenvalue weighted by molar-refractivity contribution is 7.16. The highest BCUT2D eigenvalue weighted by atomic mass is 32.1. The van der Waals surface area contributed by atoms with E-state index >= 15 is 0 Å². The maximum absolute atomic E-state index is 5.64. The van der Waals surface area contributed by atoms with Crippen molar-refractivity contribution in [2.45, 2.75) is 6.42 Å². The van der Waals surface area contributed by atoms with E-state index in [0.717, 1.165) is 56.3 Å². The Hall–Kier alpha value is -1.24. The summed E-state index contributed by atoms with van der Waals surface area (Å²) in [6.45, 7) is 6.00. The number of rotatable bonds is 3. The summed E-state index contributed by atoms with van der Waals surface area (Å²) in [5, 5.41) is 3.27. The molecule has 0 aliphatic carbocycles. The van der Waals surface area contributed by atoms with Crippen molar-refractivity contribution in [3.8, 4) is 0 Å². The van der Waals surface area contributed by atoms with Crippen LogP contribution in [0.5, 0.6) is 0 Å². The Morgan fingerprint density at radius 3 is 3.05 bits per heavy atom. The summed E-state index contributed by atoms with van der Waals surface area (Å²) in [7, 11) is 0. The summed E-state index contributed by atoms with van der Waals surface area (Å²) in [5.41, 5.74) is 5.64. The molecule has 0 saturated carbocycles. The molecule has 0 aromatic carbocycles. The lowest BCUT2D eigenvalue weighted by molar-refractivity contribution is 0.302. The van der Waals surface area contributed by atoms with Crippen LogP contribution < -0.4 is 10.6 Å². The van der Waals surface area contributed by atoms with Crippen LogP contribution in [0.25, 0.3) is 10.2 Å². The van der Waals surface area contributed by atoms with Gasteiger partial charge in [0.2, 0.25) is 0 Å². The standard InChI is InChI=1S/C13H19N5S/c14-3-6-17-4-1-5-18(8-7-17)12-11-2-9-19-13(11)16-10-15-12/h2,9-10H,1,3-8,14H2. The number of fused-ring (bicyclic) bond motifs is 1. The van der Waals surface area contributed by atoms with E-state index < -0.39 is 0 Å². The SMILES string of the molecule is NCCN1CCCN(c2ncnc3sccc23)CC1. The molecule has 3 rings (SSSR count). The van der Waals surface area contributed by atoms with Gasteiger partial charge in [0, 0.05) is 32.7 Å². The van der Waals surface area contributed by atoms with Crippen molar-refractivity contribution < 1.29 is 0 Å². The Labute approximate surface area is 117 Å². The number of anilines is 1. The Kier molecular flexibility index (Phi) is 3.91. The summed E-state index contributed by atoms with van der Waals surface area (Å²) in [6, 6.07) is 2.12. The molecule has 5 nitrogen and oxygen atoms in total. The molecule has 2 aromatic heterocycles. The molecule has 0 bridgehead atoms. The number of nitrogens with zero attached hydrogens (tertiary/aromatic N) is 4. The summed E-state index contributed by atoms with van der Waals surface area (Å²) in [5.74, 6) is 1.08. The third-order valence-corrected chi connectivity index (χ3v) is 4.39. The van der Waals surface area contributed by atoms with Crippen LogP contribution in [0, 0.1) is 0 Å². The van der Waals surface area contributed by atoms with E-state index in [2.05, 4.69) is 31.2 Å². The number of hydrogen-bond donors (Lipinski definition) is 1. The number of hydrogen-bond acceptors (Lipinski definition) is 6. The van der Waals surface area contributed by atoms with Gasteiger partial charge in [-0.25, -0.2) is 9.97 Å². The molecule has 0 radical (unpaired) electrons. The minimum atomic E-state index is 0.738. The molecule has 1 aliphatic heterocycles. The number of aromatic nitrogens is 2. The second-order valence-electron chi connectivity index (χ2n) is 4.81. The summed E-state index contributed by atoms with van der Waals surface area (Å²) in [4.78, 5) is 14.7.